The van der Waals surface area contributed by atoms with Gasteiger partial charge < -0.3 is 4.90 Å². The van der Waals surface area contributed by atoms with Crippen LogP contribution in [0.2, 0.25) is 0 Å². The topological polar surface area (TPSA) is 55.2 Å². The first-order valence-electron chi connectivity index (χ1n) is 7.79. The molecule has 21 heavy (non-hydrogen) atoms. The van der Waals surface area contributed by atoms with Gasteiger partial charge in [-0.3, -0.25) is 14.2 Å². The van der Waals surface area contributed by atoms with Crippen LogP contribution in [0.1, 0.15) is 43.0 Å². The summed E-state index contributed by atoms with van der Waals surface area (Å²) in [7, 11) is 0. The quantitative estimate of drug-likeness (QED) is 0.775. The first-order chi connectivity index (χ1) is 10.2. The molecular formula is C15H19N3O2S. The maximum atomic E-state index is 12.7. The zero-order valence-electron chi connectivity index (χ0n) is 12.0. The van der Waals surface area contributed by atoms with Crippen molar-refractivity contribution in [3.63, 3.8) is 0 Å². The molecule has 1 fully saturated rings. The molecule has 0 N–H and O–H groups in total. The Morgan fingerprint density at radius 2 is 2.05 bits per heavy atom. The molecule has 5 nitrogen and oxygen atoms in total. The number of aryl methyl sites for hydroxylation is 1. The van der Waals surface area contributed by atoms with E-state index in [2.05, 4.69) is 4.98 Å². The number of amides is 1. The summed E-state index contributed by atoms with van der Waals surface area (Å²) in [6.45, 7) is 1.76. The Bertz CT molecular complexity index is 649. The van der Waals surface area contributed by atoms with Crippen molar-refractivity contribution >= 4 is 17.7 Å². The molecule has 4 rings (SSSR count). The van der Waals surface area contributed by atoms with Crippen LogP contribution in [-0.2, 0) is 17.6 Å². The summed E-state index contributed by atoms with van der Waals surface area (Å²) >= 11 is 1.62. The third-order valence-corrected chi connectivity index (χ3v) is 5.84. The van der Waals surface area contributed by atoms with Crippen molar-refractivity contribution in [1.29, 1.82) is 0 Å². The first kappa shape index (κ1) is 13.4. The molecule has 1 unspecified atom stereocenters. The van der Waals surface area contributed by atoms with Crippen LogP contribution in [-0.4, -0.2) is 39.2 Å². The lowest BCUT2D eigenvalue weighted by molar-refractivity contribution is -0.130. The van der Waals surface area contributed by atoms with E-state index in [1.807, 2.05) is 4.90 Å². The Morgan fingerprint density at radius 1 is 1.24 bits per heavy atom. The van der Waals surface area contributed by atoms with Gasteiger partial charge in [-0.2, -0.15) is 0 Å². The molecule has 112 valence electrons. The molecule has 0 spiro atoms. The molecule has 3 aliphatic rings. The minimum Gasteiger partial charge on any atom is -0.343 e. The van der Waals surface area contributed by atoms with Crippen LogP contribution < -0.4 is 5.56 Å². The SMILES string of the molecule is O=C(CC1CSc2nc3c(c(=O)n21)CCC3)N1CCCC1. The Hall–Kier alpha value is -1.30. The van der Waals surface area contributed by atoms with E-state index in [0.717, 1.165) is 67.4 Å². The van der Waals surface area contributed by atoms with Gasteiger partial charge in [0.2, 0.25) is 5.91 Å². The second-order valence-corrected chi connectivity index (χ2v) is 7.09. The number of fused-ring (bicyclic) bond motifs is 2. The Balaban J connectivity index is 1.61. The van der Waals surface area contributed by atoms with Crippen LogP contribution in [0.4, 0.5) is 0 Å². The van der Waals surface area contributed by atoms with Crippen molar-refractivity contribution in [2.75, 3.05) is 18.8 Å². The molecule has 6 heteroatoms. The molecule has 3 heterocycles. The number of nitrogens with zero attached hydrogens (tertiary/aromatic N) is 3. The van der Waals surface area contributed by atoms with Gasteiger partial charge in [0.1, 0.15) is 0 Å². The summed E-state index contributed by atoms with van der Waals surface area (Å²) in [5.74, 6) is 0.989. The van der Waals surface area contributed by atoms with Gasteiger partial charge in [0.25, 0.3) is 5.56 Å². The zero-order valence-corrected chi connectivity index (χ0v) is 12.8. The predicted octanol–water partition coefficient (Wildman–Crippen LogP) is 1.39. The molecule has 1 aliphatic carbocycles. The van der Waals surface area contributed by atoms with E-state index in [1.54, 1.807) is 16.3 Å². The number of hydrogen-bond donors (Lipinski definition) is 0. The van der Waals surface area contributed by atoms with Crippen LogP contribution in [0.5, 0.6) is 0 Å². The van der Waals surface area contributed by atoms with Crippen molar-refractivity contribution in [3.8, 4) is 0 Å². The molecule has 2 aliphatic heterocycles. The van der Waals surface area contributed by atoms with E-state index >= 15 is 0 Å². The fourth-order valence-corrected chi connectivity index (χ4v) is 4.75. The minimum atomic E-state index is -0.0102. The van der Waals surface area contributed by atoms with Gasteiger partial charge in [0, 0.05) is 30.8 Å². The van der Waals surface area contributed by atoms with Gasteiger partial charge in [-0.1, -0.05) is 11.8 Å². The molecule has 1 aromatic heterocycles. The third kappa shape index (κ3) is 2.20. The summed E-state index contributed by atoms with van der Waals surface area (Å²) in [4.78, 5) is 31.6. The van der Waals surface area contributed by atoms with E-state index in [9.17, 15) is 9.59 Å². The van der Waals surface area contributed by atoms with Crippen LogP contribution in [0.3, 0.4) is 0 Å². The molecule has 0 saturated carbocycles. The van der Waals surface area contributed by atoms with E-state index in [0.29, 0.717) is 6.42 Å². The lowest BCUT2D eigenvalue weighted by Crippen LogP contribution is -2.33. The van der Waals surface area contributed by atoms with Crippen molar-refractivity contribution in [2.24, 2.45) is 0 Å². The Kier molecular flexibility index (Phi) is 3.28. The highest BCUT2D eigenvalue weighted by Crippen LogP contribution is 2.34. The monoisotopic (exact) mass is 305 g/mol. The summed E-state index contributed by atoms with van der Waals surface area (Å²) in [6.07, 6.45) is 5.46. The van der Waals surface area contributed by atoms with Crippen molar-refractivity contribution in [1.82, 2.24) is 14.5 Å². The molecule has 1 amide bonds. The normalized spacial score (nSPS) is 23.4. The standard InChI is InChI=1S/C15H19N3O2S/c19-13(17-6-1-2-7-17)8-10-9-21-15-16-12-5-3-4-11(12)14(20)18(10)15/h10H,1-9H2. The molecule has 1 atom stereocenters. The van der Waals surface area contributed by atoms with Gasteiger partial charge in [-0.25, -0.2) is 4.98 Å². The van der Waals surface area contributed by atoms with Crippen molar-refractivity contribution < 1.29 is 4.79 Å². The molecular weight excluding hydrogens is 286 g/mol. The summed E-state index contributed by atoms with van der Waals surface area (Å²) in [5.41, 5.74) is 1.99. The average Bonchev–Trinajstić information content (AvgIpc) is 3.18. The maximum Gasteiger partial charge on any atom is 0.257 e. The van der Waals surface area contributed by atoms with E-state index < -0.39 is 0 Å². The van der Waals surface area contributed by atoms with Crippen LogP contribution in [0.25, 0.3) is 0 Å². The average molecular weight is 305 g/mol. The maximum absolute atomic E-state index is 12.7. The number of aromatic nitrogens is 2. The largest absolute Gasteiger partial charge is 0.343 e. The zero-order chi connectivity index (χ0) is 14.4. The van der Waals surface area contributed by atoms with Crippen LogP contribution in [0, 0.1) is 0 Å². The predicted molar refractivity (Wildman–Crippen MR) is 80.7 cm³/mol. The minimum absolute atomic E-state index is 0.0102. The number of thioether (sulfide) groups is 1. The summed E-state index contributed by atoms with van der Waals surface area (Å²) in [5, 5.41) is 0.819. The van der Waals surface area contributed by atoms with E-state index in [4.69, 9.17) is 0 Å². The highest BCUT2D eigenvalue weighted by molar-refractivity contribution is 7.99. The molecule has 0 radical (unpaired) electrons. The first-order valence-corrected chi connectivity index (χ1v) is 8.77. The fraction of sp³-hybridized carbons (Fsp3) is 0.667. The Morgan fingerprint density at radius 3 is 2.86 bits per heavy atom. The molecule has 1 saturated heterocycles. The summed E-state index contributed by atoms with van der Waals surface area (Å²) in [6, 6.07) is -0.0102. The highest BCUT2D eigenvalue weighted by Gasteiger charge is 2.32. The fourth-order valence-electron chi connectivity index (χ4n) is 3.60. The molecule has 0 bridgehead atoms. The smallest absolute Gasteiger partial charge is 0.257 e. The Labute approximate surface area is 127 Å². The second kappa shape index (κ2) is 5.16. The lowest BCUT2D eigenvalue weighted by Gasteiger charge is -2.19. The van der Waals surface area contributed by atoms with E-state index in [1.165, 1.54) is 0 Å². The van der Waals surface area contributed by atoms with Gasteiger partial charge in [-0.05, 0) is 32.1 Å². The van der Waals surface area contributed by atoms with Gasteiger partial charge in [0.15, 0.2) is 5.16 Å². The lowest BCUT2D eigenvalue weighted by atomic mass is 10.2. The van der Waals surface area contributed by atoms with Gasteiger partial charge in [-0.15, -0.1) is 0 Å². The van der Waals surface area contributed by atoms with Crippen LogP contribution in [0.15, 0.2) is 9.95 Å². The van der Waals surface area contributed by atoms with Gasteiger partial charge in [0.05, 0.1) is 11.7 Å². The van der Waals surface area contributed by atoms with Crippen molar-refractivity contribution in [2.45, 2.75) is 49.7 Å². The van der Waals surface area contributed by atoms with Crippen LogP contribution >= 0.6 is 11.8 Å². The highest BCUT2D eigenvalue weighted by atomic mass is 32.2. The van der Waals surface area contributed by atoms with Crippen molar-refractivity contribution in [3.05, 3.63) is 21.6 Å². The molecule has 0 aromatic carbocycles. The third-order valence-electron chi connectivity index (χ3n) is 4.74. The number of carbonyl (C=O) groups excluding carboxylic acids is 1. The number of hydrogen-bond acceptors (Lipinski definition) is 4. The number of likely N-dealkylation sites (tertiary alicyclic amines) is 1. The number of carbonyl (C=O) groups is 1. The second-order valence-electron chi connectivity index (χ2n) is 6.11. The molecule has 1 aromatic rings. The number of rotatable bonds is 2. The van der Waals surface area contributed by atoms with E-state index in [-0.39, 0.29) is 17.5 Å². The van der Waals surface area contributed by atoms with Gasteiger partial charge >= 0.3 is 0 Å². The summed E-state index contributed by atoms with van der Waals surface area (Å²) < 4.78 is 1.79.